The number of hydrogen-bond donors (Lipinski definition) is 0. The van der Waals surface area contributed by atoms with Gasteiger partial charge in [-0.1, -0.05) is 48.0 Å². The third-order valence-corrected chi connectivity index (χ3v) is 7.23. The van der Waals surface area contributed by atoms with Crippen LogP contribution in [-0.4, -0.2) is 55.3 Å². The summed E-state index contributed by atoms with van der Waals surface area (Å²) in [6, 6.07) is 16.9. The molecule has 0 spiro atoms. The zero-order chi connectivity index (χ0) is 22.7. The van der Waals surface area contributed by atoms with Crippen molar-refractivity contribution in [3.8, 4) is 0 Å². The van der Waals surface area contributed by atoms with Crippen LogP contribution in [0, 0.1) is 12.8 Å². The van der Waals surface area contributed by atoms with Gasteiger partial charge in [0.25, 0.3) is 0 Å². The van der Waals surface area contributed by atoms with Crippen molar-refractivity contribution >= 4 is 16.7 Å². The maximum absolute atomic E-state index is 14.2. The summed E-state index contributed by atoms with van der Waals surface area (Å²) in [7, 11) is 0. The lowest BCUT2D eigenvalue weighted by molar-refractivity contribution is -0.141. The summed E-state index contributed by atoms with van der Waals surface area (Å²) in [5.74, 6) is 0.485. The number of fused-ring (bicyclic) bond motifs is 1. The van der Waals surface area contributed by atoms with E-state index in [0.717, 1.165) is 30.2 Å². The Labute approximate surface area is 195 Å². The molecule has 0 saturated carbocycles. The molecule has 0 aliphatic carbocycles. The summed E-state index contributed by atoms with van der Waals surface area (Å²) >= 11 is 0. The minimum atomic E-state index is -0.510. The maximum atomic E-state index is 14.2. The Hall–Kier alpha value is -2.76. The number of amides is 1. The molecule has 1 amide bonds. The average Bonchev–Trinajstić information content (AvgIpc) is 3.10. The fourth-order valence-electron chi connectivity index (χ4n) is 5.46. The lowest BCUT2D eigenvalue weighted by Gasteiger charge is -2.40. The zero-order valence-electron chi connectivity index (χ0n) is 19.3. The molecule has 5 nitrogen and oxygen atoms in total. The molecule has 2 saturated heterocycles. The van der Waals surface area contributed by atoms with Crippen LogP contribution in [0.25, 0.3) is 10.8 Å². The van der Waals surface area contributed by atoms with E-state index in [-0.39, 0.29) is 11.8 Å². The second kappa shape index (κ2) is 9.62. The molecule has 5 heteroatoms. The molecule has 1 aromatic heterocycles. The molecule has 172 valence electrons. The molecule has 0 radical (unpaired) electrons. The Balaban J connectivity index is 1.41. The first kappa shape index (κ1) is 22.1. The van der Waals surface area contributed by atoms with Gasteiger partial charge in [-0.3, -0.25) is 9.78 Å². The van der Waals surface area contributed by atoms with Crippen molar-refractivity contribution in [2.45, 2.75) is 31.6 Å². The van der Waals surface area contributed by atoms with Gasteiger partial charge < -0.3 is 14.4 Å². The van der Waals surface area contributed by atoms with Crippen LogP contribution in [0.3, 0.4) is 0 Å². The predicted molar refractivity (Wildman–Crippen MR) is 129 cm³/mol. The topological polar surface area (TPSA) is 51.7 Å². The van der Waals surface area contributed by atoms with Crippen LogP contribution in [0.4, 0.5) is 0 Å². The van der Waals surface area contributed by atoms with Gasteiger partial charge >= 0.3 is 0 Å². The summed E-state index contributed by atoms with van der Waals surface area (Å²) in [5, 5.41) is 2.38. The molecule has 2 aromatic carbocycles. The number of ether oxygens (including phenoxy) is 2. The summed E-state index contributed by atoms with van der Waals surface area (Å²) in [6.07, 6.45) is 6.10. The summed E-state index contributed by atoms with van der Waals surface area (Å²) in [6.45, 7) is 5.96. The number of aromatic nitrogens is 1. The second-order valence-electron chi connectivity index (χ2n) is 9.47. The average molecular weight is 445 g/mol. The first-order valence-electron chi connectivity index (χ1n) is 12.0. The van der Waals surface area contributed by atoms with Gasteiger partial charge in [0.2, 0.25) is 5.91 Å². The van der Waals surface area contributed by atoms with E-state index in [1.807, 2.05) is 12.4 Å². The number of hydrogen-bond acceptors (Lipinski definition) is 4. The van der Waals surface area contributed by atoms with Gasteiger partial charge in [-0.25, -0.2) is 0 Å². The highest BCUT2D eigenvalue weighted by molar-refractivity contribution is 5.89. The smallest absolute Gasteiger partial charge is 0.233 e. The molecular formula is C28H32N2O3. The standard InChI is InChI=1S/C28H32N2O3/c1-21-4-2-7-25(16-21)28(9-13-32-14-10-28)27(31)30-12-15-33-20-22(19-30)17-23-5-3-6-24-18-29-11-8-26(23)24/h2-8,11,16,18,22H,9-10,12-15,17,19-20H2,1H3/t22-/m0/s1. The minimum absolute atomic E-state index is 0.231. The lowest BCUT2D eigenvalue weighted by atomic mass is 9.72. The molecule has 0 N–H and O–H groups in total. The van der Waals surface area contributed by atoms with E-state index >= 15 is 0 Å². The van der Waals surface area contributed by atoms with Crippen molar-refractivity contribution in [1.82, 2.24) is 9.88 Å². The second-order valence-corrected chi connectivity index (χ2v) is 9.47. The number of aryl methyl sites for hydroxylation is 1. The fourth-order valence-corrected chi connectivity index (χ4v) is 5.46. The van der Waals surface area contributed by atoms with Gasteiger partial charge in [0.15, 0.2) is 0 Å². The van der Waals surface area contributed by atoms with E-state index < -0.39 is 5.41 Å². The Morgan fingerprint density at radius 2 is 1.94 bits per heavy atom. The highest BCUT2D eigenvalue weighted by Crippen LogP contribution is 2.38. The van der Waals surface area contributed by atoms with E-state index in [2.05, 4.69) is 65.3 Å². The highest BCUT2D eigenvalue weighted by Gasteiger charge is 2.44. The van der Waals surface area contributed by atoms with Crippen LogP contribution in [0.2, 0.25) is 0 Å². The third-order valence-electron chi connectivity index (χ3n) is 7.23. The van der Waals surface area contributed by atoms with Gasteiger partial charge in [-0.2, -0.15) is 0 Å². The Morgan fingerprint density at radius 3 is 2.79 bits per heavy atom. The predicted octanol–water partition coefficient (Wildman–Crippen LogP) is 4.31. The first-order valence-corrected chi connectivity index (χ1v) is 12.0. The number of benzene rings is 2. The molecule has 2 aliphatic heterocycles. The molecular weight excluding hydrogens is 412 g/mol. The largest absolute Gasteiger partial charge is 0.381 e. The summed E-state index contributed by atoms with van der Waals surface area (Å²) in [5.41, 5.74) is 3.09. The maximum Gasteiger partial charge on any atom is 0.233 e. The molecule has 2 aliphatic rings. The van der Waals surface area contributed by atoms with Crippen LogP contribution in [-0.2, 0) is 26.1 Å². The minimum Gasteiger partial charge on any atom is -0.381 e. The van der Waals surface area contributed by atoms with E-state index in [0.29, 0.717) is 39.5 Å². The van der Waals surface area contributed by atoms with Crippen molar-refractivity contribution in [2.75, 3.05) is 39.5 Å². The SMILES string of the molecule is Cc1cccc(C2(C(=O)N3CCOC[C@@H](Cc4cccc5cnccc45)C3)CCOCC2)c1. The van der Waals surface area contributed by atoms with Crippen LogP contribution >= 0.6 is 0 Å². The molecule has 3 heterocycles. The summed E-state index contributed by atoms with van der Waals surface area (Å²) in [4.78, 5) is 20.5. The van der Waals surface area contributed by atoms with Crippen LogP contribution < -0.4 is 0 Å². The molecule has 0 unspecified atom stereocenters. The fraction of sp³-hybridized carbons (Fsp3) is 0.429. The van der Waals surface area contributed by atoms with Crippen molar-refractivity contribution in [2.24, 2.45) is 5.92 Å². The lowest BCUT2D eigenvalue weighted by Crippen LogP contribution is -2.51. The highest BCUT2D eigenvalue weighted by atomic mass is 16.5. The van der Waals surface area contributed by atoms with Crippen LogP contribution in [0.1, 0.15) is 29.5 Å². The molecule has 1 atom stereocenters. The van der Waals surface area contributed by atoms with Gasteiger partial charge in [0.1, 0.15) is 0 Å². The Bertz CT molecular complexity index is 1120. The molecule has 33 heavy (non-hydrogen) atoms. The number of pyridine rings is 1. The number of carbonyl (C=O) groups excluding carboxylic acids is 1. The Morgan fingerprint density at radius 1 is 1.09 bits per heavy atom. The van der Waals surface area contributed by atoms with Gasteiger partial charge in [-0.05, 0) is 48.8 Å². The van der Waals surface area contributed by atoms with Crippen molar-refractivity contribution in [1.29, 1.82) is 0 Å². The van der Waals surface area contributed by atoms with Crippen molar-refractivity contribution in [3.63, 3.8) is 0 Å². The molecule has 0 bridgehead atoms. The zero-order valence-corrected chi connectivity index (χ0v) is 19.3. The summed E-state index contributed by atoms with van der Waals surface area (Å²) < 4.78 is 11.7. The number of carbonyl (C=O) groups is 1. The number of nitrogens with zero attached hydrogens (tertiary/aromatic N) is 2. The third kappa shape index (κ3) is 4.53. The van der Waals surface area contributed by atoms with E-state index in [1.54, 1.807) is 0 Å². The Kier molecular flexibility index (Phi) is 6.43. The van der Waals surface area contributed by atoms with E-state index in [1.165, 1.54) is 16.5 Å². The number of rotatable bonds is 4. The van der Waals surface area contributed by atoms with Crippen LogP contribution in [0.5, 0.6) is 0 Å². The molecule has 2 fully saturated rings. The normalized spacial score (nSPS) is 21.0. The first-order chi connectivity index (χ1) is 16.2. The van der Waals surface area contributed by atoms with E-state index in [4.69, 9.17) is 9.47 Å². The monoisotopic (exact) mass is 444 g/mol. The molecule has 5 rings (SSSR count). The van der Waals surface area contributed by atoms with Gasteiger partial charge in [0, 0.05) is 50.0 Å². The quantitative estimate of drug-likeness (QED) is 0.602. The van der Waals surface area contributed by atoms with Crippen LogP contribution in [0.15, 0.2) is 60.9 Å². The molecule has 3 aromatic rings. The van der Waals surface area contributed by atoms with Gasteiger partial charge in [-0.15, -0.1) is 0 Å². The van der Waals surface area contributed by atoms with E-state index in [9.17, 15) is 4.79 Å². The van der Waals surface area contributed by atoms with Crippen molar-refractivity contribution < 1.29 is 14.3 Å². The van der Waals surface area contributed by atoms with Gasteiger partial charge in [0.05, 0.1) is 18.6 Å². The van der Waals surface area contributed by atoms with Crippen molar-refractivity contribution in [3.05, 3.63) is 77.6 Å².